The summed E-state index contributed by atoms with van der Waals surface area (Å²) < 4.78 is 21.5. The second-order valence-electron chi connectivity index (χ2n) is 7.80. The molecule has 2 amide bonds. The van der Waals surface area contributed by atoms with Crippen LogP contribution < -0.4 is 29.2 Å². The quantitative estimate of drug-likeness (QED) is 0.550. The Morgan fingerprint density at radius 3 is 2.03 bits per heavy atom. The van der Waals surface area contributed by atoms with Gasteiger partial charge >= 0.3 is 6.03 Å². The second-order valence-corrected chi connectivity index (χ2v) is 7.80. The number of aromatic nitrogens is 2. The number of hydrogen-bond acceptors (Lipinski definition) is 8. The maximum atomic E-state index is 12.9. The van der Waals surface area contributed by atoms with Gasteiger partial charge in [0, 0.05) is 43.9 Å². The van der Waals surface area contributed by atoms with Crippen molar-refractivity contribution in [2.75, 3.05) is 64.8 Å². The molecule has 4 rings (SSSR count). The molecule has 0 bridgehead atoms. The number of piperazine rings is 1. The number of urea groups is 1. The van der Waals surface area contributed by atoms with Crippen LogP contribution in [0.2, 0.25) is 0 Å². The number of methoxy groups -OCH3 is 4. The van der Waals surface area contributed by atoms with Crippen LogP contribution in [0.3, 0.4) is 0 Å². The van der Waals surface area contributed by atoms with Crippen molar-refractivity contribution in [2.24, 2.45) is 0 Å². The average molecular weight is 480 g/mol. The van der Waals surface area contributed by atoms with Gasteiger partial charge in [0.1, 0.15) is 5.75 Å². The topological polar surface area (TPSA) is 98.3 Å². The van der Waals surface area contributed by atoms with E-state index in [0.717, 1.165) is 22.8 Å². The zero-order valence-corrected chi connectivity index (χ0v) is 20.3. The SMILES string of the molecule is COc1ccccc1-c1ccc(N2CCN(C(=O)Nc3cc(OC)c(OC)c(OC)c3)CC2)nn1. The van der Waals surface area contributed by atoms with Gasteiger partial charge in [0.2, 0.25) is 5.75 Å². The highest BCUT2D eigenvalue weighted by molar-refractivity contribution is 5.90. The Morgan fingerprint density at radius 2 is 1.46 bits per heavy atom. The van der Waals surface area contributed by atoms with Crippen LogP contribution in [-0.2, 0) is 0 Å². The zero-order chi connectivity index (χ0) is 24.8. The van der Waals surface area contributed by atoms with Crippen LogP contribution in [0.1, 0.15) is 0 Å². The number of nitrogens with zero attached hydrogens (tertiary/aromatic N) is 4. The lowest BCUT2D eigenvalue weighted by atomic mass is 10.1. The highest BCUT2D eigenvalue weighted by atomic mass is 16.5. The van der Waals surface area contributed by atoms with Crippen molar-refractivity contribution < 1.29 is 23.7 Å². The van der Waals surface area contributed by atoms with Gasteiger partial charge in [-0.25, -0.2) is 4.79 Å². The molecule has 1 aliphatic heterocycles. The van der Waals surface area contributed by atoms with Gasteiger partial charge in [0.25, 0.3) is 0 Å². The summed E-state index contributed by atoms with van der Waals surface area (Å²) in [6, 6.07) is 14.8. The van der Waals surface area contributed by atoms with Crippen molar-refractivity contribution in [1.29, 1.82) is 0 Å². The molecule has 10 heteroatoms. The van der Waals surface area contributed by atoms with E-state index in [1.165, 1.54) is 21.3 Å². The molecular weight excluding hydrogens is 450 g/mol. The minimum absolute atomic E-state index is 0.198. The molecule has 0 aliphatic carbocycles. The van der Waals surface area contributed by atoms with E-state index in [1.807, 2.05) is 36.4 Å². The van der Waals surface area contributed by atoms with Crippen LogP contribution in [0, 0.1) is 0 Å². The number of carbonyl (C=O) groups is 1. The molecule has 0 unspecified atom stereocenters. The predicted molar refractivity (Wildman–Crippen MR) is 133 cm³/mol. The Bertz CT molecular complexity index is 1140. The van der Waals surface area contributed by atoms with Crippen molar-refractivity contribution in [3.05, 3.63) is 48.5 Å². The largest absolute Gasteiger partial charge is 0.496 e. The third-order valence-corrected chi connectivity index (χ3v) is 5.84. The molecule has 2 aromatic carbocycles. The minimum Gasteiger partial charge on any atom is -0.496 e. The Morgan fingerprint density at radius 1 is 0.800 bits per heavy atom. The van der Waals surface area contributed by atoms with Crippen LogP contribution >= 0.6 is 0 Å². The van der Waals surface area contributed by atoms with Crippen molar-refractivity contribution in [2.45, 2.75) is 0 Å². The van der Waals surface area contributed by atoms with E-state index >= 15 is 0 Å². The predicted octanol–water partition coefficient (Wildman–Crippen LogP) is 3.53. The van der Waals surface area contributed by atoms with Gasteiger partial charge in [-0.3, -0.25) is 0 Å². The number of rotatable bonds is 7. The van der Waals surface area contributed by atoms with Crippen LogP contribution in [-0.4, -0.2) is 75.7 Å². The molecule has 10 nitrogen and oxygen atoms in total. The fourth-order valence-corrected chi connectivity index (χ4v) is 3.99. The van der Waals surface area contributed by atoms with Crippen LogP contribution in [0.4, 0.5) is 16.3 Å². The number of amides is 2. The number of para-hydroxylation sites is 1. The van der Waals surface area contributed by atoms with E-state index in [1.54, 1.807) is 24.1 Å². The van der Waals surface area contributed by atoms with E-state index in [-0.39, 0.29) is 6.03 Å². The minimum atomic E-state index is -0.198. The molecule has 1 aliphatic rings. The van der Waals surface area contributed by atoms with Crippen molar-refractivity contribution in [1.82, 2.24) is 15.1 Å². The third kappa shape index (κ3) is 5.16. The van der Waals surface area contributed by atoms with Gasteiger partial charge in [0.15, 0.2) is 17.3 Å². The van der Waals surface area contributed by atoms with Crippen molar-refractivity contribution >= 4 is 17.5 Å². The first-order chi connectivity index (χ1) is 17.1. The molecule has 184 valence electrons. The number of benzene rings is 2. The second kappa shape index (κ2) is 10.8. The first-order valence-electron chi connectivity index (χ1n) is 11.2. The zero-order valence-electron chi connectivity index (χ0n) is 20.3. The molecule has 0 saturated carbocycles. The van der Waals surface area contributed by atoms with E-state index in [0.29, 0.717) is 49.1 Å². The van der Waals surface area contributed by atoms with Gasteiger partial charge in [-0.1, -0.05) is 12.1 Å². The lowest BCUT2D eigenvalue weighted by Crippen LogP contribution is -2.50. The fourth-order valence-electron chi connectivity index (χ4n) is 3.99. The molecule has 0 atom stereocenters. The summed E-state index contributed by atoms with van der Waals surface area (Å²) in [4.78, 5) is 16.7. The maximum Gasteiger partial charge on any atom is 0.321 e. The van der Waals surface area contributed by atoms with Crippen LogP contribution in [0.5, 0.6) is 23.0 Å². The number of anilines is 2. The Balaban J connectivity index is 1.38. The summed E-state index contributed by atoms with van der Waals surface area (Å²) in [7, 11) is 6.24. The van der Waals surface area contributed by atoms with Gasteiger partial charge < -0.3 is 34.1 Å². The molecule has 0 radical (unpaired) electrons. The lowest BCUT2D eigenvalue weighted by Gasteiger charge is -2.35. The van der Waals surface area contributed by atoms with Gasteiger partial charge in [0.05, 0.1) is 39.8 Å². The molecule has 1 fully saturated rings. The maximum absolute atomic E-state index is 12.9. The lowest BCUT2D eigenvalue weighted by molar-refractivity contribution is 0.208. The normalized spacial score (nSPS) is 13.3. The van der Waals surface area contributed by atoms with Crippen molar-refractivity contribution in [3.8, 4) is 34.3 Å². The Kier molecular flexibility index (Phi) is 7.39. The monoisotopic (exact) mass is 479 g/mol. The summed E-state index contributed by atoms with van der Waals surface area (Å²) in [5.74, 6) is 2.94. The number of hydrogen-bond donors (Lipinski definition) is 1. The highest BCUT2D eigenvalue weighted by Crippen LogP contribution is 2.40. The van der Waals surface area contributed by atoms with Crippen LogP contribution in [0.15, 0.2) is 48.5 Å². The smallest absolute Gasteiger partial charge is 0.321 e. The molecule has 35 heavy (non-hydrogen) atoms. The van der Waals surface area contributed by atoms with Gasteiger partial charge in [-0.2, -0.15) is 0 Å². The van der Waals surface area contributed by atoms with E-state index in [2.05, 4.69) is 20.4 Å². The van der Waals surface area contributed by atoms with E-state index < -0.39 is 0 Å². The molecular formula is C25H29N5O5. The summed E-state index contributed by atoms with van der Waals surface area (Å²) in [5, 5.41) is 11.7. The molecule has 1 N–H and O–H groups in total. The molecule has 1 aromatic heterocycles. The first kappa shape index (κ1) is 23.9. The van der Waals surface area contributed by atoms with Crippen molar-refractivity contribution in [3.63, 3.8) is 0 Å². The highest BCUT2D eigenvalue weighted by Gasteiger charge is 2.23. The molecule has 1 saturated heterocycles. The number of ether oxygens (including phenoxy) is 4. The Hall–Kier alpha value is -4.21. The first-order valence-corrected chi connectivity index (χ1v) is 11.2. The number of nitrogens with one attached hydrogen (secondary N) is 1. The van der Waals surface area contributed by atoms with Gasteiger partial charge in [-0.15, -0.1) is 10.2 Å². The molecule has 0 spiro atoms. The van der Waals surface area contributed by atoms with E-state index in [9.17, 15) is 4.79 Å². The average Bonchev–Trinajstić information content (AvgIpc) is 2.92. The summed E-state index contributed by atoms with van der Waals surface area (Å²) in [6.07, 6.45) is 0. The Labute approximate surface area is 204 Å². The fraction of sp³-hybridized carbons (Fsp3) is 0.320. The van der Waals surface area contributed by atoms with Crippen LogP contribution in [0.25, 0.3) is 11.3 Å². The standard InChI is InChI=1S/C25H29N5O5/c1-32-20-8-6-5-7-18(20)19-9-10-23(28-27-19)29-11-13-30(14-12-29)25(31)26-17-15-21(33-2)24(35-4)22(16-17)34-3/h5-10,15-16H,11-14H2,1-4H3,(H,26,31). The number of carbonyl (C=O) groups excluding carboxylic acids is 1. The summed E-state index contributed by atoms with van der Waals surface area (Å²) in [6.45, 7) is 2.38. The molecule has 3 aromatic rings. The van der Waals surface area contributed by atoms with Gasteiger partial charge in [-0.05, 0) is 24.3 Å². The molecule has 2 heterocycles. The third-order valence-electron chi connectivity index (χ3n) is 5.84. The summed E-state index contributed by atoms with van der Waals surface area (Å²) in [5.41, 5.74) is 2.20. The summed E-state index contributed by atoms with van der Waals surface area (Å²) >= 11 is 0. The van der Waals surface area contributed by atoms with E-state index in [4.69, 9.17) is 18.9 Å².